The number of rotatable bonds is 6. The number of hydrogen-bond donors (Lipinski definition) is 2. The molecule has 1 unspecified atom stereocenters. The average molecular weight is 391 g/mol. The summed E-state index contributed by atoms with van der Waals surface area (Å²) >= 11 is 1.51. The van der Waals surface area contributed by atoms with Crippen molar-refractivity contribution in [2.45, 2.75) is 39.3 Å². The van der Waals surface area contributed by atoms with Gasteiger partial charge in [-0.3, -0.25) is 14.3 Å². The van der Waals surface area contributed by atoms with E-state index in [1.54, 1.807) is 15.8 Å². The molecule has 3 atom stereocenters. The predicted molar refractivity (Wildman–Crippen MR) is 103 cm³/mol. The van der Waals surface area contributed by atoms with Crippen LogP contribution >= 0.6 is 11.3 Å². The average Bonchev–Trinajstić information content (AvgIpc) is 3.31. The van der Waals surface area contributed by atoms with Gasteiger partial charge in [0.1, 0.15) is 0 Å². The Labute approximate surface area is 163 Å². The molecule has 8 heteroatoms. The first-order valence-corrected chi connectivity index (χ1v) is 10.00. The summed E-state index contributed by atoms with van der Waals surface area (Å²) in [6, 6.07) is 1.17. The van der Waals surface area contributed by atoms with E-state index in [1.807, 2.05) is 39.3 Å². The third-order valence-electron chi connectivity index (χ3n) is 5.42. The fourth-order valence-corrected chi connectivity index (χ4v) is 4.77. The number of carbonyl (C=O) groups excluding carboxylic acids is 2. The molecule has 0 aliphatic carbocycles. The maximum absolute atomic E-state index is 13.1. The van der Waals surface area contributed by atoms with Crippen molar-refractivity contribution in [2.75, 3.05) is 13.2 Å². The highest BCUT2D eigenvalue weighted by Gasteiger charge is 2.45. The van der Waals surface area contributed by atoms with E-state index in [-0.39, 0.29) is 30.9 Å². The maximum Gasteiger partial charge on any atom is 0.226 e. The molecule has 0 radical (unpaired) electrons. The molecular weight excluding hydrogens is 364 g/mol. The normalized spacial score (nSPS) is 20.9. The quantitative estimate of drug-likeness (QED) is 0.788. The largest absolute Gasteiger partial charge is 0.394 e. The molecule has 2 amide bonds. The van der Waals surface area contributed by atoms with Crippen LogP contribution < -0.4 is 5.32 Å². The Balaban J connectivity index is 1.88. The third-order valence-corrected chi connectivity index (χ3v) is 6.55. The van der Waals surface area contributed by atoms with E-state index in [2.05, 4.69) is 10.4 Å². The number of aliphatic hydroxyl groups is 1. The second-order valence-electron chi connectivity index (χ2n) is 6.96. The van der Waals surface area contributed by atoms with E-state index in [0.29, 0.717) is 6.54 Å². The molecule has 3 heterocycles. The zero-order valence-corrected chi connectivity index (χ0v) is 16.9. The molecule has 1 saturated heterocycles. The van der Waals surface area contributed by atoms with Gasteiger partial charge >= 0.3 is 0 Å². The molecule has 2 aromatic rings. The van der Waals surface area contributed by atoms with Crippen LogP contribution in [0.4, 0.5) is 0 Å². The van der Waals surface area contributed by atoms with Crippen LogP contribution in [0.3, 0.4) is 0 Å². The lowest BCUT2D eigenvalue weighted by Crippen LogP contribution is -2.38. The van der Waals surface area contributed by atoms with Crippen molar-refractivity contribution < 1.29 is 14.7 Å². The monoisotopic (exact) mass is 390 g/mol. The van der Waals surface area contributed by atoms with Crippen LogP contribution in [0.1, 0.15) is 47.1 Å². The number of nitrogens with zero attached hydrogens (tertiary/aromatic N) is 3. The molecule has 3 rings (SSSR count). The Morgan fingerprint density at radius 3 is 2.74 bits per heavy atom. The standard InChI is InChI=1S/C19H26N4O3S/c1-5-23-16(25)8-13(17(23)14-9-20-22(4)12(14)3)19(26)21-15(10-24)18-11(2)6-7-27-18/h6-7,9,13,15,17,24H,5,8,10H2,1-4H3,(H,21,26)/t13-,15?,17-/m0/s1. The van der Waals surface area contributed by atoms with Crippen LogP contribution in [0.25, 0.3) is 0 Å². The Kier molecular flexibility index (Phi) is 5.67. The van der Waals surface area contributed by atoms with Crippen LogP contribution in [0, 0.1) is 19.8 Å². The van der Waals surface area contributed by atoms with Crippen molar-refractivity contribution in [1.29, 1.82) is 0 Å². The van der Waals surface area contributed by atoms with E-state index < -0.39 is 12.0 Å². The number of hydrogen-bond acceptors (Lipinski definition) is 5. The highest BCUT2D eigenvalue weighted by Crippen LogP contribution is 2.39. The van der Waals surface area contributed by atoms with Crippen molar-refractivity contribution in [3.05, 3.63) is 39.3 Å². The summed E-state index contributed by atoms with van der Waals surface area (Å²) in [7, 11) is 1.85. The van der Waals surface area contributed by atoms with Gasteiger partial charge in [0, 0.05) is 36.1 Å². The molecule has 27 heavy (non-hydrogen) atoms. The first-order valence-electron chi connectivity index (χ1n) is 9.12. The van der Waals surface area contributed by atoms with Gasteiger partial charge in [-0.05, 0) is 37.8 Å². The number of likely N-dealkylation sites (tertiary alicyclic amines) is 1. The molecular formula is C19H26N4O3S. The van der Waals surface area contributed by atoms with E-state index in [1.165, 1.54) is 11.3 Å². The Morgan fingerprint density at radius 2 is 2.22 bits per heavy atom. The summed E-state index contributed by atoms with van der Waals surface area (Å²) in [4.78, 5) is 28.3. The van der Waals surface area contributed by atoms with E-state index >= 15 is 0 Å². The van der Waals surface area contributed by atoms with Gasteiger partial charge in [-0.25, -0.2) is 0 Å². The second kappa shape index (κ2) is 7.82. The third kappa shape index (κ3) is 3.51. The number of thiophene rings is 1. The number of aryl methyl sites for hydroxylation is 2. The van der Waals surface area contributed by atoms with Gasteiger partial charge in [0.2, 0.25) is 11.8 Å². The summed E-state index contributed by atoms with van der Waals surface area (Å²) in [6.45, 7) is 6.18. The fraction of sp³-hybridized carbons (Fsp3) is 0.526. The number of aromatic nitrogens is 2. The summed E-state index contributed by atoms with van der Waals surface area (Å²) in [6.07, 6.45) is 1.91. The number of nitrogens with one attached hydrogen (secondary N) is 1. The van der Waals surface area contributed by atoms with Crippen molar-refractivity contribution in [2.24, 2.45) is 13.0 Å². The molecule has 1 aliphatic rings. The molecule has 0 bridgehead atoms. The number of carbonyl (C=O) groups is 2. The van der Waals surface area contributed by atoms with Crippen molar-refractivity contribution in [3.8, 4) is 0 Å². The molecule has 146 valence electrons. The topological polar surface area (TPSA) is 87.5 Å². The molecule has 1 fully saturated rings. The smallest absolute Gasteiger partial charge is 0.226 e. The van der Waals surface area contributed by atoms with Crippen LogP contribution in [0.5, 0.6) is 0 Å². The zero-order chi connectivity index (χ0) is 19.7. The van der Waals surface area contributed by atoms with Gasteiger partial charge in [-0.1, -0.05) is 0 Å². The molecule has 0 spiro atoms. The summed E-state index contributed by atoms with van der Waals surface area (Å²) in [5.74, 6) is -0.743. The molecule has 2 aromatic heterocycles. The van der Waals surface area contributed by atoms with Crippen LogP contribution in [-0.2, 0) is 16.6 Å². The van der Waals surface area contributed by atoms with Crippen molar-refractivity contribution >= 4 is 23.2 Å². The second-order valence-corrected chi connectivity index (χ2v) is 7.90. The zero-order valence-electron chi connectivity index (χ0n) is 16.1. The first kappa shape index (κ1) is 19.6. The lowest BCUT2D eigenvalue weighted by molar-refractivity contribution is -0.129. The van der Waals surface area contributed by atoms with Gasteiger partial charge in [-0.2, -0.15) is 5.10 Å². The SMILES string of the molecule is CCN1C(=O)C[C@H](C(=O)NC(CO)c2sccc2C)[C@H]1c1cnn(C)c1C. The van der Waals surface area contributed by atoms with Gasteiger partial charge in [-0.15, -0.1) is 11.3 Å². The number of amides is 2. The van der Waals surface area contributed by atoms with E-state index in [4.69, 9.17) is 0 Å². The van der Waals surface area contributed by atoms with Crippen LogP contribution in [0.15, 0.2) is 17.6 Å². The van der Waals surface area contributed by atoms with E-state index in [9.17, 15) is 14.7 Å². The minimum atomic E-state index is -0.505. The fourth-order valence-electron chi connectivity index (χ4n) is 3.80. The molecule has 7 nitrogen and oxygen atoms in total. The Morgan fingerprint density at radius 1 is 1.48 bits per heavy atom. The molecule has 1 aliphatic heterocycles. The van der Waals surface area contributed by atoms with Gasteiger partial charge in [0.25, 0.3) is 0 Å². The highest BCUT2D eigenvalue weighted by atomic mass is 32.1. The summed E-state index contributed by atoms with van der Waals surface area (Å²) in [5, 5.41) is 19.0. The lowest BCUT2D eigenvalue weighted by atomic mass is 9.92. The van der Waals surface area contributed by atoms with Gasteiger partial charge in [0.05, 0.1) is 30.8 Å². The van der Waals surface area contributed by atoms with Crippen LogP contribution in [-0.4, -0.2) is 44.8 Å². The minimum absolute atomic E-state index is 0.0289. The molecule has 2 N–H and O–H groups in total. The molecule has 0 saturated carbocycles. The van der Waals surface area contributed by atoms with Gasteiger partial charge < -0.3 is 15.3 Å². The van der Waals surface area contributed by atoms with Gasteiger partial charge in [0.15, 0.2) is 0 Å². The van der Waals surface area contributed by atoms with Crippen molar-refractivity contribution in [3.63, 3.8) is 0 Å². The van der Waals surface area contributed by atoms with Crippen LogP contribution in [0.2, 0.25) is 0 Å². The summed E-state index contributed by atoms with van der Waals surface area (Å²) in [5.41, 5.74) is 2.88. The maximum atomic E-state index is 13.1. The molecule has 0 aromatic carbocycles. The first-order chi connectivity index (χ1) is 12.9. The van der Waals surface area contributed by atoms with E-state index in [0.717, 1.165) is 21.7 Å². The Bertz CT molecular complexity index is 844. The summed E-state index contributed by atoms with van der Waals surface area (Å²) < 4.78 is 1.76. The Hall–Kier alpha value is -2.19. The predicted octanol–water partition coefficient (Wildman–Crippen LogP) is 1.86. The highest BCUT2D eigenvalue weighted by molar-refractivity contribution is 7.10. The number of aliphatic hydroxyl groups excluding tert-OH is 1. The minimum Gasteiger partial charge on any atom is -0.394 e. The van der Waals surface area contributed by atoms with Crippen molar-refractivity contribution in [1.82, 2.24) is 20.0 Å². The lowest BCUT2D eigenvalue weighted by Gasteiger charge is -2.28.